The molecule has 108 valence electrons. The van der Waals surface area contributed by atoms with E-state index in [9.17, 15) is 13.2 Å². The van der Waals surface area contributed by atoms with Crippen molar-refractivity contribution < 1.29 is 22.3 Å². The van der Waals surface area contributed by atoms with Gasteiger partial charge < -0.3 is 20.2 Å². The first kappa shape index (κ1) is 14.2. The normalized spacial score (nSPS) is 13.1. The molecule has 1 heterocycles. The van der Waals surface area contributed by atoms with Gasteiger partial charge in [0.05, 0.1) is 5.69 Å². The Balaban J connectivity index is 2.11. The molecule has 20 heavy (non-hydrogen) atoms. The maximum Gasteiger partial charge on any atom is 0.573 e. The minimum atomic E-state index is -4.73. The van der Waals surface area contributed by atoms with Gasteiger partial charge in [-0.3, -0.25) is 0 Å². The van der Waals surface area contributed by atoms with Gasteiger partial charge in [0.1, 0.15) is 12.0 Å². The third kappa shape index (κ3) is 3.89. The van der Waals surface area contributed by atoms with Gasteiger partial charge >= 0.3 is 6.36 Å². The maximum absolute atomic E-state index is 12.1. The van der Waals surface area contributed by atoms with E-state index in [-0.39, 0.29) is 17.8 Å². The van der Waals surface area contributed by atoms with E-state index < -0.39 is 6.36 Å². The monoisotopic (exact) mass is 287 g/mol. The Bertz CT molecular complexity index is 581. The van der Waals surface area contributed by atoms with Crippen molar-refractivity contribution in [3.05, 3.63) is 36.2 Å². The average Bonchev–Trinajstić information content (AvgIpc) is 2.75. The highest BCUT2D eigenvalue weighted by Gasteiger charge is 2.31. The molecule has 1 unspecified atom stereocenters. The lowest BCUT2D eigenvalue weighted by atomic mass is 10.3. The molecule has 5 nitrogen and oxygen atoms in total. The van der Waals surface area contributed by atoms with Crippen LogP contribution in [0.5, 0.6) is 5.75 Å². The number of ether oxygens (including phenoxy) is 1. The number of oxazole rings is 1. The summed E-state index contributed by atoms with van der Waals surface area (Å²) in [5, 5.41) is 2.72. The van der Waals surface area contributed by atoms with Crippen molar-refractivity contribution in [2.24, 2.45) is 5.73 Å². The molecule has 0 saturated heterocycles. The van der Waals surface area contributed by atoms with Crippen LogP contribution < -0.4 is 15.8 Å². The van der Waals surface area contributed by atoms with Crippen LogP contribution in [0.25, 0.3) is 0 Å². The molecule has 0 aliphatic heterocycles. The Labute approximate surface area is 112 Å². The summed E-state index contributed by atoms with van der Waals surface area (Å²) >= 11 is 0. The number of halogens is 3. The van der Waals surface area contributed by atoms with Crippen LogP contribution in [-0.4, -0.2) is 11.3 Å². The van der Waals surface area contributed by atoms with Crippen LogP contribution in [0.4, 0.5) is 24.9 Å². The van der Waals surface area contributed by atoms with Crippen LogP contribution in [-0.2, 0) is 0 Å². The van der Waals surface area contributed by atoms with Crippen molar-refractivity contribution in [1.29, 1.82) is 0 Å². The van der Waals surface area contributed by atoms with Gasteiger partial charge in [-0.1, -0.05) is 6.07 Å². The van der Waals surface area contributed by atoms with Crippen LogP contribution in [0, 0.1) is 0 Å². The van der Waals surface area contributed by atoms with E-state index in [1.165, 1.54) is 24.5 Å². The van der Waals surface area contributed by atoms with Crippen LogP contribution in [0.1, 0.15) is 18.7 Å². The molecular formula is C12H12F3N3O2. The summed E-state index contributed by atoms with van der Waals surface area (Å²) in [6.45, 7) is 1.74. The molecule has 0 saturated carbocycles. The lowest BCUT2D eigenvalue weighted by molar-refractivity contribution is -0.274. The van der Waals surface area contributed by atoms with Crippen molar-refractivity contribution in [1.82, 2.24) is 4.98 Å². The minimum absolute atomic E-state index is 0.140. The Hall–Kier alpha value is -2.22. The van der Waals surface area contributed by atoms with E-state index in [4.69, 9.17) is 10.2 Å². The molecule has 0 bridgehead atoms. The highest BCUT2D eigenvalue weighted by Crippen LogP contribution is 2.26. The number of benzene rings is 1. The zero-order valence-electron chi connectivity index (χ0n) is 10.4. The Morgan fingerprint density at radius 2 is 2.15 bits per heavy atom. The summed E-state index contributed by atoms with van der Waals surface area (Å²) in [6.07, 6.45) is -3.35. The van der Waals surface area contributed by atoms with Gasteiger partial charge in [0.2, 0.25) is 0 Å². The fourth-order valence-electron chi connectivity index (χ4n) is 1.45. The number of anilines is 2. The number of rotatable bonds is 4. The van der Waals surface area contributed by atoms with E-state index in [2.05, 4.69) is 15.0 Å². The predicted molar refractivity (Wildman–Crippen MR) is 65.5 cm³/mol. The highest BCUT2D eigenvalue weighted by atomic mass is 19.4. The molecule has 1 atom stereocenters. The van der Waals surface area contributed by atoms with Gasteiger partial charge in [-0.05, 0) is 19.1 Å². The molecule has 8 heteroatoms. The second kappa shape index (κ2) is 5.41. The number of hydrogen-bond donors (Lipinski definition) is 2. The molecule has 2 aromatic rings. The first-order chi connectivity index (χ1) is 9.33. The second-order valence-corrected chi connectivity index (χ2v) is 4.07. The number of alkyl halides is 3. The van der Waals surface area contributed by atoms with Crippen molar-refractivity contribution in [3.8, 4) is 5.75 Å². The lowest BCUT2D eigenvalue weighted by Gasteiger charge is -2.09. The van der Waals surface area contributed by atoms with E-state index in [0.717, 1.165) is 0 Å². The van der Waals surface area contributed by atoms with Gasteiger partial charge in [-0.15, -0.1) is 13.2 Å². The third-order valence-corrected chi connectivity index (χ3v) is 2.31. The molecule has 0 aliphatic rings. The molecule has 2 rings (SSSR count). The van der Waals surface area contributed by atoms with Crippen molar-refractivity contribution in [2.45, 2.75) is 19.3 Å². The fraction of sp³-hybridized carbons (Fsp3) is 0.250. The standard InChI is InChI=1S/C12H12F3N3O2/c1-7(16)10-6-19-11(18-10)17-8-3-2-4-9(5-8)20-12(13,14)15/h2-7H,16H2,1H3,(H,17,18). The number of aromatic nitrogens is 1. The number of hydrogen-bond acceptors (Lipinski definition) is 5. The molecule has 3 N–H and O–H groups in total. The van der Waals surface area contributed by atoms with E-state index in [1.54, 1.807) is 13.0 Å². The van der Waals surface area contributed by atoms with Gasteiger partial charge in [-0.2, -0.15) is 4.98 Å². The van der Waals surface area contributed by atoms with Gasteiger partial charge in [-0.25, -0.2) is 0 Å². The maximum atomic E-state index is 12.1. The van der Waals surface area contributed by atoms with E-state index in [1.807, 2.05) is 0 Å². The van der Waals surface area contributed by atoms with Gasteiger partial charge in [0, 0.05) is 17.8 Å². The molecule has 0 amide bonds. The predicted octanol–water partition coefficient (Wildman–Crippen LogP) is 3.34. The summed E-state index contributed by atoms with van der Waals surface area (Å²) in [6, 6.07) is 5.19. The van der Waals surface area contributed by atoms with Crippen LogP contribution in [0.3, 0.4) is 0 Å². The van der Waals surface area contributed by atoms with Crippen molar-refractivity contribution >= 4 is 11.7 Å². The Morgan fingerprint density at radius 1 is 1.40 bits per heavy atom. The molecule has 0 spiro atoms. The molecule has 1 aromatic heterocycles. The summed E-state index contributed by atoms with van der Waals surface area (Å²) in [5.41, 5.74) is 6.51. The first-order valence-corrected chi connectivity index (χ1v) is 5.67. The van der Waals surface area contributed by atoms with Crippen LogP contribution in [0.15, 0.2) is 34.9 Å². The van der Waals surface area contributed by atoms with Crippen molar-refractivity contribution in [3.63, 3.8) is 0 Å². The second-order valence-electron chi connectivity index (χ2n) is 4.07. The minimum Gasteiger partial charge on any atom is -0.432 e. The molecule has 1 aromatic carbocycles. The number of nitrogens with zero attached hydrogens (tertiary/aromatic N) is 1. The number of nitrogens with two attached hydrogens (primary N) is 1. The van der Waals surface area contributed by atoms with Crippen LogP contribution in [0.2, 0.25) is 0 Å². The molecular weight excluding hydrogens is 275 g/mol. The largest absolute Gasteiger partial charge is 0.573 e. The van der Waals surface area contributed by atoms with E-state index in [0.29, 0.717) is 11.4 Å². The Kier molecular flexibility index (Phi) is 3.84. The fourth-order valence-corrected chi connectivity index (χ4v) is 1.45. The Morgan fingerprint density at radius 3 is 2.75 bits per heavy atom. The SMILES string of the molecule is CC(N)c1coc(Nc2cccc(OC(F)(F)F)c2)n1. The van der Waals surface area contributed by atoms with Gasteiger partial charge in [0.15, 0.2) is 0 Å². The summed E-state index contributed by atoms with van der Waals surface area (Å²) in [7, 11) is 0. The summed E-state index contributed by atoms with van der Waals surface area (Å²) in [5.74, 6) is -0.332. The van der Waals surface area contributed by atoms with Crippen molar-refractivity contribution in [2.75, 3.05) is 5.32 Å². The molecule has 0 aliphatic carbocycles. The topological polar surface area (TPSA) is 73.3 Å². The van der Waals surface area contributed by atoms with E-state index >= 15 is 0 Å². The summed E-state index contributed by atoms with van der Waals surface area (Å²) in [4.78, 5) is 4.04. The summed E-state index contributed by atoms with van der Waals surface area (Å²) < 4.78 is 45.2. The zero-order valence-corrected chi connectivity index (χ0v) is 10.4. The zero-order chi connectivity index (χ0) is 14.8. The quantitative estimate of drug-likeness (QED) is 0.902. The van der Waals surface area contributed by atoms with Gasteiger partial charge in [0.25, 0.3) is 6.01 Å². The third-order valence-electron chi connectivity index (χ3n) is 2.31. The first-order valence-electron chi connectivity index (χ1n) is 5.67. The average molecular weight is 287 g/mol. The highest BCUT2D eigenvalue weighted by molar-refractivity contribution is 5.55. The molecule has 0 fully saturated rings. The lowest BCUT2D eigenvalue weighted by Crippen LogP contribution is -2.17. The van der Waals surface area contributed by atoms with Crippen LogP contribution >= 0.6 is 0 Å². The molecule has 0 radical (unpaired) electrons. The smallest absolute Gasteiger partial charge is 0.432 e. The number of nitrogens with one attached hydrogen (secondary N) is 1.